The topological polar surface area (TPSA) is 70.4 Å². The number of nitrogens with one attached hydrogen (secondary N) is 2. The minimum atomic E-state index is -0.431. The molecule has 2 aliphatic heterocycles. The second-order valence-electron chi connectivity index (χ2n) is 6.97. The van der Waals surface area contributed by atoms with Crippen LogP contribution in [0.3, 0.4) is 0 Å². The summed E-state index contributed by atoms with van der Waals surface area (Å²) >= 11 is 0. The van der Waals surface area contributed by atoms with Crippen molar-refractivity contribution in [2.24, 2.45) is 11.7 Å². The van der Waals surface area contributed by atoms with E-state index in [4.69, 9.17) is 5.73 Å². The molecule has 0 saturated carbocycles. The lowest BCUT2D eigenvalue weighted by Gasteiger charge is -2.37. The molecule has 0 aromatic heterocycles. The molecule has 2 aromatic rings. The van der Waals surface area contributed by atoms with Gasteiger partial charge in [-0.3, -0.25) is 10.2 Å². The van der Waals surface area contributed by atoms with Gasteiger partial charge < -0.3 is 10.6 Å². The molecule has 2 fully saturated rings. The van der Waals surface area contributed by atoms with Gasteiger partial charge >= 0.3 is 0 Å². The third kappa shape index (κ3) is 2.59. The zero-order chi connectivity index (χ0) is 16.7. The molecule has 3 unspecified atom stereocenters. The molecule has 2 aliphatic rings. The second-order valence-corrected chi connectivity index (χ2v) is 6.97. The molecule has 4 atom stereocenters. The molecular formula is C19H24N4O. The third-order valence-electron chi connectivity index (χ3n) is 5.37. The molecule has 2 aromatic carbocycles. The van der Waals surface area contributed by atoms with Crippen molar-refractivity contribution in [3.8, 4) is 0 Å². The summed E-state index contributed by atoms with van der Waals surface area (Å²) in [5.74, 6) is 0.407. The predicted octanol–water partition coefficient (Wildman–Crippen LogP) is 1.55. The standard InChI is InChI=1S/C19H24N4O/c1-12(20)19(24)23-10-9-17-16(11-23)18(22-21-17)15-8-4-6-13-5-2-3-7-14(13)15/h2-8,12,16-18,21-22H,9-11,20H2,1H3/t12-,16?,17?,18?/m1/s1. The molecule has 0 bridgehead atoms. The molecule has 0 spiro atoms. The predicted molar refractivity (Wildman–Crippen MR) is 95.1 cm³/mol. The molecule has 4 rings (SSSR count). The van der Waals surface area contributed by atoms with E-state index in [-0.39, 0.29) is 11.9 Å². The van der Waals surface area contributed by atoms with E-state index in [0.717, 1.165) is 19.5 Å². The summed E-state index contributed by atoms with van der Waals surface area (Å²) in [7, 11) is 0. The van der Waals surface area contributed by atoms with E-state index >= 15 is 0 Å². The molecule has 5 heteroatoms. The van der Waals surface area contributed by atoms with Crippen LogP contribution in [0.4, 0.5) is 0 Å². The summed E-state index contributed by atoms with van der Waals surface area (Å²) in [5, 5.41) is 2.52. The number of nitrogens with zero attached hydrogens (tertiary/aromatic N) is 1. The molecule has 1 amide bonds. The Bertz CT molecular complexity index is 755. The summed E-state index contributed by atoms with van der Waals surface area (Å²) in [6.45, 7) is 3.29. The number of piperidine rings is 1. The van der Waals surface area contributed by atoms with Crippen LogP contribution in [0.25, 0.3) is 10.8 Å². The lowest BCUT2D eigenvalue weighted by molar-refractivity contribution is -0.134. The molecule has 24 heavy (non-hydrogen) atoms. The maximum absolute atomic E-state index is 12.3. The van der Waals surface area contributed by atoms with Gasteiger partial charge in [-0.25, -0.2) is 5.43 Å². The van der Waals surface area contributed by atoms with Gasteiger partial charge in [0.05, 0.1) is 12.1 Å². The van der Waals surface area contributed by atoms with Crippen molar-refractivity contribution in [1.82, 2.24) is 15.8 Å². The number of hydrogen-bond donors (Lipinski definition) is 3. The highest BCUT2D eigenvalue weighted by Crippen LogP contribution is 2.36. The third-order valence-corrected chi connectivity index (χ3v) is 5.37. The van der Waals surface area contributed by atoms with Gasteiger partial charge in [0.15, 0.2) is 0 Å². The van der Waals surface area contributed by atoms with Crippen molar-refractivity contribution in [2.75, 3.05) is 13.1 Å². The Labute approximate surface area is 142 Å². The number of amides is 1. The van der Waals surface area contributed by atoms with Crippen molar-refractivity contribution >= 4 is 16.7 Å². The minimum absolute atomic E-state index is 0.0528. The Morgan fingerprint density at radius 3 is 2.83 bits per heavy atom. The zero-order valence-electron chi connectivity index (χ0n) is 13.9. The van der Waals surface area contributed by atoms with E-state index < -0.39 is 6.04 Å². The fraction of sp³-hybridized carbons (Fsp3) is 0.421. The highest BCUT2D eigenvalue weighted by Gasteiger charge is 2.42. The first-order valence-corrected chi connectivity index (χ1v) is 8.68. The number of benzene rings is 2. The van der Waals surface area contributed by atoms with Crippen LogP contribution < -0.4 is 16.6 Å². The summed E-state index contributed by atoms with van der Waals surface area (Å²) in [5.41, 5.74) is 14.0. The molecule has 2 heterocycles. The molecule has 0 radical (unpaired) electrons. The Hall–Kier alpha value is -1.95. The van der Waals surface area contributed by atoms with Crippen molar-refractivity contribution < 1.29 is 4.79 Å². The molecule has 4 N–H and O–H groups in total. The second kappa shape index (κ2) is 6.16. The fourth-order valence-corrected chi connectivity index (χ4v) is 4.12. The molecule has 5 nitrogen and oxygen atoms in total. The monoisotopic (exact) mass is 324 g/mol. The number of rotatable bonds is 2. The van der Waals surface area contributed by atoms with Crippen molar-refractivity contribution in [3.63, 3.8) is 0 Å². The first-order valence-electron chi connectivity index (χ1n) is 8.68. The highest BCUT2D eigenvalue weighted by molar-refractivity contribution is 5.86. The minimum Gasteiger partial charge on any atom is -0.341 e. The first kappa shape index (κ1) is 15.6. The van der Waals surface area contributed by atoms with Crippen LogP contribution in [0, 0.1) is 5.92 Å². The summed E-state index contributed by atoms with van der Waals surface area (Å²) < 4.78 is 0. The van der Waals surface area contributed by atoms with Crippen molar-refractivity contribution in [1.29, 1.82) is 0 Å². The van der Waals surface area contributed by atoms with E-state index in [0.29, 0.717) is 12.0 Å². The van der Waals surface area contributed by atoms with Gasteiger partial charge in [0.1, 0.15) is 0 Å². The van der Waals surface area contributed by atoms with Gasteiger partial charge in [-0.05, 0) is 29.7 Å². The van der Waals surface area contributed by atoms with Crippen LogP contribution in [0.5, 0.6) is 0 Å². The number of carbonyl (C=O) groups is 1. The first-order chi connectivity index (χ1) is 11.6. The molecular weight excluding hydrogens is 300 g/mol. The Morgan fingerprint density at radius 1 is 1.21 bits per heavy atom. The van der Waals surface area contributed by atoms with Crippen LogP contribution in [-0.2, 0) is 4.79 Å². The summed E-state index contributed by atoms with van der Waals surface area (Å²) in [4.78, 5) is 14.2. The van der Waals surface area contributed by atoms with Gasteiger partial charge in [-0.2, -0.15) is 0 Å². The maximum Gasteiger partial charge on any atom is 0.239 e. The van der Waals surface area contributed by atoms with Gasteiger partial charge in [-0.15, -0.1) is 0 Å². The number of hydrazine groups is 1. The lowest BCUT2D eigenvalue weighted by Crippen LogP contribution is -2.51. The largest absolute Gasteiger partial charge is 0.341 e. The van der Waals surface area contributed by atoms with Gasteiger partial charge in [0.25, 0.3) is 0 Å². The van der Waals surface area contributed by atoms with Crippen LogP contribution >= 0.6 is 0 Å². The average molecular weight is 324 g/mol. The van der Waals surface area contributed by atoms with E-state index in [1.165, 1.54) is 16.3 Å². The summed E-state index contributed by atoms with van der Waals surface area (Å²) in [6.07, 6.45) is 0.956. The van der Waals surface area contributed by atoms with Crippen molar-refractivity contribution in [2.45, 2.75) is 31.5 Å². The fourth-order valence-electron chi connectivity index (χ4n) is 4.12. The number of carbonyl (C=O) groups excluding carboxylic acids is 1. The van der Waals surface area contributed by atoms with Crippen LogP contribution in [0.15, 0.2) is 42.5 Å². The Kier molecular flexibility index (Phi) is 4.00. The van der Waals surface area contributed by atoms with Crippen LogP contribution in [-0.4, -0.2) is 36.0 Å². The van der Waals surface area contributed by atoms with Gasteiger partial charge in [0.2, 0.25) is 5.91 Å². The Balaban J connectivity index is 1.65. The Morgan fingerprint density at radius 2 is 2.00 bits per heavy atom. The zero-order valence-corrected chi connectivity index (χ0v) is 13.9. The van der Waals surface area contributed by atoms with Crippen LogP contribution in [0.2, 0.25) is 0 Å². The highest BCUT2D eigenvalue weighted by atomic mass is 16.2. The van der Waals surface area contributed by atoms with E-state index in [1.807, 2.05) is 4.90 Å². The van der Waals surface area contributed by atoms with E-state index in [2.05, 4.69) is 53.3 Å². The molecule has 2 saturated heterocycles. The van der Waals surface area contributed by atoms with E-state index in [1.54, 1.807) is 6.92 Å². The lowest BCUT2D eigenvalue weighted by atomic mass is 9.83. The smallest absolute Gasteiger partial charge is 0.239 e. The van der Waals surface area contributed by atoms with Gasteiger partial charge in [0, 0.05) is 25.0 Å². The number of hydrogen-bond acceptors (Lipinski definition) is 4. The summed E-state index contributed by atoms with van der Waals surface area (Å²) in [6, 6.07) is 15.1. The van der Waals surface area contributed by atoms with Gasteiger partial charge in [-0.1, -0.05) is 42.5 Å². The van der Waals surface area contributed by atoms with Crippen molar-refractivity contribution in [3.05, 3.63) is 48.0 Å². The maximum atomic E-state index is 12.3. The van der Waals surface area contributed by atoms with E-state index in [9.17, 15) is 4.79 Å². The SMILES string of the molecule is C[C@@H](N)C(=O)N1CCC2NNC(c3cccc4ccccc34)C2C1. The number of nitrogens with two attached hydrogens (primary N) is 1. The van der Waals surface area contributed by atoms with Crippen LogP contribution in [0.1, 0.15) is 24.9 Å². The molecule has 0 aliphatic carbocycles. The normalized spacial score (nSPS) is 27.9. The quantitative estimate of drug-likeness (QED) is 0.784. The number of likely N-dealkylation sites (tertiary alicyclic amines) is 1. The average Bonchev–Trinajstić information content (AvgIpc) is 3.03. The molecule has 126 valence electrons. The number of fused-ring (bicyclic) bond motifs is 2.